The van der Waals surface area contributed by atoms with Crippen molar-refractivity contribution >= 4 is 11.9 Å². The molecule has 0 saturated carbocycles. The normalized spacial score (nSPS) is 18.8. The minimum Gasteiger partial charge on any atom is -0.508 e. The molecule has 24 heavy (non-hydrogen) atoms. The van der Waals surface area contributed by atoms with Crippen LogP contribution in [0.4, 0.5) is 0 Å². The Morgan fingerprint density at radius 2 is 1.96 bits per heavy atom. The van der Waals surface area contributed by atoms with E-state index < -0.39 is 18.0 Å². The number of carboxylic acid groups (broad SMARTS) is 2. The molecule has 7 nitrogen and oxygen atoms in total. The van der Waals surface area contributed by atoms with Gasteiger partial charge in [0, 0.05) is 13.0 Å². The highest BCUT2D eigenvalue weighted by Gasteiger charge is 2.26. The van der Waals surface area contributed by atoms with Gasteiger partial charge < -0.3 is 26.0 Å². The third-order valence-electron chi connectivity index (χ3n) is 3.66. The molecule has 0 aromatic heterocycles. The Kier molecular flexibility index (Phi) is 5.97. The third-order valence-corrected chi connectivity index (χ3v) is 3.66. The highest BCUT2D eigenvalue weighted by molar-refractivity contribution is 5.89. The van der Waals surface area contributed by atoms with Crippen molar-refractivity contribution in [2.45, 2.75) is 18.9 Å². The van der Waals surface area contributed by atoms with Crippen LogP contribution in [0.15, 0.2) is 47.7 Å². The number of rotatable bonds is 7. The molecule has 1 heterocycles. The standard InChI is InChI=1S/C17H20N2O5/c20-13-3-1-11(2-4-13)5-7-18-8-6-12-9-14(16(21)22)19-15(10-12)17(23)24/h1-4,6,9,15,18-20H,5,7-8,10H2,(H,21,22)(H,23,24)/b12-6-/t15-/m1/s1. The predicted octanol–water partition coefficient (Wildman–Crippen LogP) is 0.866. The molecule has 0 aliphatic carbocycles. The Balaban J connectivity index is 1.85. The number of hydrogen-bond donors (Lipinski definition) is 5. The maximum Gasteiger partial charge on any atom is 0.351 e. The molecule has 0 radical (unpaired) electrons. The zero-order chi connectivity index (χ0) is 17.5. The number of allylic oxidation sites excluding steroid dienone is 1. The first kappa shape index (κ1) is 17.6. The highest BCUT2D eigenvalue weighted by atomic mass is 16.4. The average molecular weight is 332 g/mol. The van der Waals surface area contributed by atoms with Crippen molar-refractivity contribution in [3.05, 3.63) is 53.3 Å². The fraction of sp³-hybridized carbons (Fsp3) is 0.294. The number of hydrogen-bond acceptors (Lipinski definition) is 5. The summed E-state index contributed by atoms with van der Waals surface area (Å²) in [5.74, 6) is -2.02. The van der Waals surface area contributed by atoms with Crippen LogP contribution in [0.5, 0.6) is 5.75 Å². The number of aliphatic carboxylic acids is 2. The van der Waals surface area contributed by atoms with Crippen molar-refractivity contribution in [2.24, 2.45) is 0 Å². The van der Waals surface area contributed by atoms with Gasteiger partial charge in [0.25, 0.3) is 0 Å². The summed E-state index contributed by atoms with van der Waals surface area (Å²) in [6.07, 6.45) is 4.30. The molecule has 128 valence electrons. The molecule has 5 N–H and O–H groups in total. The Labute approximate surface area is 139 Å². The second-order valence-corrected chi connectivity index (χ2v) is 5.50. The molecule has 1 aliphatic heterocycles. The second kappa shape index (κ2) is 8.16. The van der Waals surface area contributed by atoms with E-state index in [4.69, 9.17) is 10.2 Å². The average Bonchev–Trinajstić information content (AvgIpc) is 2.56. The van der Waals surface area contributed by atoms with Gasteiger partial charge in [-0.25, -0.2) is 9.59 Å². The van der Waals surface area contributed by atoms with E-state index in [0.717, 1.165) is 12.0 Å². The second-order valence-electron chi connectivity index (χ2n) is 5.50. The lowest BCUT2D eigenvalue weighted by atomic mass is 10.00. The first-order valence-electron chi connectivity index (χ1n) is 7.57. The number of phenols is 1. The van der Waals surface area contributed by atoms with E-state index in [2.05, 4.69) is 10.6 Å². The summed E-state index contributed by atoms with van der Waals surface area (Å²) < 4.78 is 0. The molecule has 2 rings (SSSR count). The van der Waals surface area contributed by atoms with E-state index >= 15 is 0 Å². The van der Waals surface area contributed by atoms with Crippen LogP contribution in [0.2, 0.25) is 0 Å². The summed E-state index contributed by atoms with van der Waals surface area (Å²) in [4.78, 5) is 22.1. The lowest BCUT2D eigenvalue weighted by molar-refractivity contribution is -0.139. The van der Waals surface area contributed by atoms with Crippen LogP contribution in [-0.4, -0.2) is 46.4 Å². The van der Waals surface area contributed by atoms with Crippen molar-refractivity contribution in [1.29, 1.82) is 0 Å². The van der Waals surface area contributed by atoms with E-state index in [1.54, 1.807) is 18.2 Å². The molecule has 0 fully saturated rings. The van der Waals surface area contributed by atoms with Crippen LogP contribution in [0, 0.1) is 0 Å². The van der Waals surface area contributed by atoms with Crippen LogP contribution in [0.25, 0.3) is 0 Å². The van der Waals surface area contributed by atoms with Gasteiger partial charge in [-0.3, -0.25) is 0 Å². The van der Waals surface area contributed by atoms with E-state index in [0.29, 0.717) is 18.7 Å². The number of carbonyl (C=O) groups is 2. The van der Waals surface area contributed by atoms with Crippen molar-refractivity contribution < 1.29 is 24.9 Å². The Morgan fingerprint density at radius 1 is 1.25 bits per heavy atom. The Hall–Kier alpha value is -2.80. The number of phenolic OH excluding ortho intramolecular Hbond substituents is 1. The number of nitrogens with one attached hydrogen (secondary N) is 2. The fourth-order valence-corrected chi connectivity index (χ4v) is 2.38. The van der Waals surface area contributed by atoms with Crippen molar-refractivity contribution in [3.8, 4) is 5.75 Å². The highest BCUT2D eigenvalue weighted by Crippen LogP contribution is 2.16. The first-order valence-corrected chi connectivity index (χ1v) is 7.57. The van der Waals surface area contributed by atoms with Gasteiger partial charge in [0.1, 0.15) is 17.5 Å². The topological polar surface area (TPSA) is 119 Å². The van der Waals surface area contributed by atoms with E-state index in [9.17, 15) is 14.7 Å². The molecule has 1 aromatic carbocycles. The zero-order valence-corrected chi connectivity index (χ0v) is 13.0. The van der Waals surface area contributed by atoms with E-state index in [1.807, 2.05) is 12.1 Å². The van der Waals surface area contributed by atoms with Crippen molar-refractivity contribution in [1.82, 2.24) is 10.6 Å². The minimum absolute atomic E-state index is 0.107. The van der Waals surface area contributed by atoms with Crippen LogP contribution in [0.3, 0.4) is 0 Å². The van der Waals surface area contributed by atoms with E-state index in [-0.39, 0.29) is 17.9 Å². The molecule has 0 unspecified atom stereocenters. The van der Waals surface area contributed by atoms with Gasteiger partial charge in [-0.05, 0) is 42.3 Å². The van der Waals surface area contributed by atoms with Crippen LogP contribution >= 0.6 is 0 Å². The van der Waals surface area contributed by atoms with Crippen LogP contribution < -0.4 is 10.6 Å². The molecule has 0 amide bonds. The van der Waals surface area contributed by atoms with Gasteiger partial charge in [0.15, 0.2) is 0 Å². The van der Waals surface area contributed by atoms with Gasteiger partial charge in [0.2, 0.25) is 0 Å². The summed E-state index contributed by atoms with van der Waals surface area (Å²) >= 11 is 0. The maximum absolute atomic E-state index is 11.1. The van der Waals surface area contributed by atoms with Gasteiger partial charge >= 0.3 is 11.9 Å². The minimum atomic E-state index is -1.17. The molecule has 7 heteroatoms. The lowest BCUT2D eigenvalue weighted by Crippen LogP contribution is -2.41. The monoisotopic (exact) mass is 332 g/mol. The largest absolute Gasteiger partial charge is 0.508 e. The lowest BCUT2D eigenvalue weighted by Gasteiger charge is -2.22. The smallest absolute Gasteiger partial charge is 0.351 e. The van der Waals surface area contributed by atoms with Crippen molar-refractivity contribution in [3.63, 3.8) is 0 Å². The summed E-state index contributed by atoms with van der Waals surface area (Å²) in [6, 6.07) is 6.04. The maximum atomic E-state index is 11.1. The fourth-order valence-electron chi connectivity index (χ4n) is 2.38. The summed E-state index contributed by atoms with van der Waals surface area (Å²) in [5, 5.41) is 33.0. The molecule has 0 saturated heterocycles. The van der Waals surface area contributed by atoms with Crippen LogP contribution in [0.1, 0.15) is 12.0 Å². The van der Waals surface area contributed by atoms with Gasteiger partial charge in [-0.1, -0.05) is 18.2 Å². The SMILES string of the molecule is O=C(O)C1=C/C(=C/CNCCc2ccc(O)cc2)C[C@H](C(=O)O)N1. The molecule has 1 aliphatic rings. The number of carboxylic acids is 2. The molecule has 0 spiro atoms. The van der Waals surface area contributed by atoms with E-state index in [1.165, 1.54) is 6.08 Å². The molecular formula is C17H20N2O5. The molecule has 1 atom stereocenters. The van der Waals surface area contributed by atoms with Gasteiger partial charge in [-0.2, -0.15) is 0 Å². The van der Waals surface area contributed by atoms with Gasteiger partial charge in [-0.15, -0.1) is 0 Å². The Morgan fingerprint density at radius 3 is 2.58 bits per heavy atom. The van der Waals surface area contributed by atoms with Crippen LogP contribution in [-0.2, 0) is 16.0 Å². The summed E-state index contributed by atoms with van der Waals surface area (Å²) in [7, 11) is 0. The molecular weight excluding hydrogens is 312 g/mol. The summed E-state index contributed by atoms with van der Waals surface area (Å²) in [6.45, 7) is 1.23. The summed E-state index contributed by atoms with van der Waals surface area (Å²) in [5.41, 5.74) is 1.66. The van der Waals surface area contributed by atoms with Crippen molar-refractivity contribution in [2.75, 3.05) is 13.1 Å². The number of aromatic hydroxyl groups is 1. The quantitative estimate of drug-likeness (QED) is 0.470. The zero-order valence-electron chi connectivity index (χ0n) is 13.0. The first-order chi connectivity index (χ1) is 11.5. The third kappa shape index (κ3) is 5.13. The predicted molar refractivity (Wildman–Crippen MR) is 87.7 cm³/mol. The number of benzene rings is 1. The molecule has 1 aromatic rings. The van der Waals surface area contributed by atoms with Gasteiger partial charge in [0.05, 0.1) is 0 Å². The molecule has 0 bridgehead atoms. The Bertz CT molecular complexity index is 664.